The lowest BCUT2D eigenvalue weighted by molar-refractivity contribution is -0.0254. The molecule has 0 fully saturated rings. The van der Waals surface area contributed by atoms with Crippen molar-refractivity contribution in [2.75, 3.05) is 20.6 Å². The Bertz CT molecular complexity index is 582. The zero-order valence-corrected chi connectivity index (χ0v) is 14.2. The van der Waals surface area contributed by atoms with Crippen LogP contribution in [0, 0.1) is 5.92 Å². The van der Waals surface area contributed by atoms with Crippen LogP contribution in [0.4, 0.5) is 0 Å². The van der Waals surface area contributed by atoms with E-state index in [-0.39, 0.29) is 5.92 Å². The Morgan fingerprint density at radius 2 is 1.64 bits per heavy atom. The maximum absolute atomic E-state index is 11.5. The first-order valence-corrected chi connectivity index (χ1v) is 7.96. The van der Waals surface area contributed by atoms with Crippen LogP contribution in [0.15, 0.2) is 54.6 Å². The predicted molar refractivity (Wildman–Crippen MR) is 93.2 cm³/mol. The Labute approximate surface area is 138 Å². The molecule has 0 aliphatic heterocycles. The second-order valence-corrected chi connectivity index (χ2v) is 6.69. The Morgan fingerprint density at radius 1 is 1.05 bits per heavy atom. The molecule has 2 nitrogen and oxygen atoms in total. The highest BCUT2D eigenvalue weighted by atomic mass is 35.5. The van der Waals surface area contributed by atoms with Crippen LogP contribution in [-0.2, 0) is 12.0 Å². The van der Waals surface area contributed by atoms with E-state index in [0.717, 1.165) is 17.7 Å². The molecule has 3 heteroatoms. The number of rotatable bonds is 6. The van der Waals surface area contributed by atoms with Crippen LogP contribution in [0.3, 0.4) is 0 Å². The minimum absolute atomic E-state index is 0.0869. The summed E-state index contributed by atoms with van der Waals surface area (Å²) in [6.45, 7) is 2.91. The Hall–Kier alpha value is -1.35. The topological polar surface area (TPSA) is 23.5 Å². The molecule has 2 rings (SSSR count). The Balaban J connectivity index is 2.36. The van der Waals surface area contributed by atoms with Crippen LogP contribution in [-0.4, -0.2) is 30.6 Å². The number of halogens is 1. The van der Waals surface area contributed by atoms with Gasteiger partial charge in [0.2, 0.25) is 0 Å². The van der Waals surface area contributed by atoms with Gasteiger partial charge in [0, 0.05) is 23.9 Å². The summed E-state index contributed by atoms with van der Waals surface area (Å²) >= 11 is 6.00. The molecule has 2 atom stereocenters. The number of hydrogen-bond donors (Lipinski definition) is 1. The summed E-state index contributed by atoms with van der Waals surface area (Å²) in [4.78, 5) is 2.11. The van der Waals surface area contributed by atoms with Crippen LogP contribution in [0.25, 0.3) is 0 Å². The number of benzene rings is 2. The lowest BCUT2D eigenvalue weighted by atomic mass is 9.77. The van der Waals surface area contributed by atoms with E-state index in [2.05, 4.69) is 24.0 Å². The smallest absolute Gasteiger partial charge is 0.0974 e. The van der Waals surface area contributed by atoms with Gasteiger partial charge in [-0.2, -0.15) is 0 Å². The standard InChI is InChI=1S/C19H24ClNO/c1-15(14-21(2)3)19(22,13-16-7-5-4-6-8-16)17-9-11-18(20)12-10-17/h4-12,15,22H,13-14H2,1-3H3/t15-,19-/m0/s1. The van der Waals surface area contributed by atoms with Crippen LogP contribution in [0.1, 0.15) is 18.1 Å². The lowest BCUT2D eigenvalue weighted by Gasteiger charge is -2.36. The first-order chi connectivity index (χ1) is 10.4. The molecule has 2 aromatic carbocycles. The monoisotopic (exact) mass is 317 g/mol. The summed E-state index contributed by atoms with van der Waals surface area (Å²) in [7, 11) is 4.06. The van der Waals surface area contributed by atoms with Crippen molar-refractivity contribution in [3.63, 3.8) is 0 Å². The van der Waals surface area contributed by atoms with Gasteiger partial charge in [-0.3, -0.25) is 0 Å². The molecule has 0 saturated carbocycles. The third kappa shape index (κ3) is 4.10. The first kappa shape index (κ1) is 17.0. The van der Waals surface area contributed by atoms with Crippen LogP contribution in [0.2, 0.25) is 5.02 Å². The van der Waals surface area contributed by atoms with Crippen molar-refractivity contribution < 1.29 is 5.11 Å². The van der Waals surface area contributed by atoms with E-state index in [1.54, 1.807) is 0 Å². The fourth-order valence-electron chi connectivity index (χ4n) is 2.91. The van der Waals surface area contributed by atoms with E-state index in [4.69, 9.17) is 11.6 Å². The Morgan fingerprint density at radius 3 is 2.18 bits per heavy atom. The summed E-state index contributed by atoms with van der Waals surface area (Å²) in [5.41, 5.74) is 1.12. The molecule has 118 valence electrons. The quantitative estimate of drug-likeness (QED) is 0.871. The molecular weight excluding hydrogens is 294 g/mol. The minimum atomic E-state index is -0.920. The van der Waals surface area contributed by atoms with Gasteiger partial charge < -0.3 is 10.0 Å². The average Bonchev–Trinajstić information content (AvgIpc) is 2.48. The van der Waals surface area contributed by atoms with E-state index in [9.17, 15) is 5.11 Å². The van der Waals surface area contributed by atoms with Crippen molar-refractivity contribution in [1.29, 1.82) is 0 Å². The third-order valence-electron chi connectivity index (χ3n) is 4.11. The molecule has 22 heavy (non-hydrogen) atoms. The van der Waals surface area contributed by atoms with Crippen molar-refractivity contribution in [2.45, 2.75) is 18.9 Å². The number of hydrogen-bond acceptors (Lipinski definition) is 2. The zero-order chi connectivity index (χ0) is 16.2. The highest BCUT2D eigenvalue weighted by molar-refractivity contribution is 6.30. The predicted octanol–water partition coefficient (Wildman–Crippen LogP) is 3.97. The normalized spacial score (nSPS) is 15.5. The molecule has 0 radical (unpaired) electrons. The molecule has 0 amide bonds. The molecular formula is C19H24ClNO. The molecule has 0 aromatic heterocycles. The first-order valence-electron chi connectivity index (χ1n) is 7.59. The van der Waals surface area contributed by atoms with E-state index in [0.29, 0.717) is 11.4 Å². The summed E-state index contributed by atoms with van der Waals surface area (Å²) in [5.74, 6) is 0.0869. The molecule has 1 N–H and O–H groups in total. The molecule has 0 saturated heterocycles. The zero-order valence-electron chi connectivity index (χ0n) is 13.5. The van der Waals surface area contributed by atoms with E-state index < -0.39 is 5.60 Å². The SMILES string of the molecule is C[C@@H](CN(C)C)[C@@](O)(Cc1ccccc1)c1ccc(Cl)cc1. The highest BCUT2D eigenvalue weighted by Gasteiger charge is 2.36. The maximum atomic E-state index is 11.5. The molecule has 0 unspecified atom stereocenters. The number of nitrogens with zero attached hydrogens (tertiary/aromatic N) is 1. The Kier molecular flexibility index (Phi) is 5.63. The molecule has 0 aliphatic carbocycles. The summed E-state index contributed by atoms with van der Waals surface area (Å²) in [5, 5.41) is 12.2. The lowest BCUT2D eigenvalue weighted by Crippen LogP contribution is -2.41. The summed E-state index contributed by atoms with van der Waals surface area (Å²) in [6.07, 6.45) is 0.588. The van der Waals surface area contributed by atoms with Crippen molar-refractivity contribution in [1.82, 2.24) is 4.90 Å². The highest BCUT2D eigenvalue weighted by Crippen LogP contribution is 2.34. The van der Waals surface area contributed by atoms with Gasteiger partial charge in [-0.05, 0) is 37.4 Å². The maximum Gasteiger partial charge on any atom is 0.0974 e. The van der Waals surface area contributed by atoms with Gasteiger partial charge in [-0.1, -0.05) is 61.0 Å². The van der Waals surface area contributed by atoms with E-state index >= 15 is 0 Å². The van der Waals surface area contributed by atoms with Gasteiger partial charge in [0.05, 0.1) is 5.60 Å². The second kappa shape index (κ2) is 7.28. The van der Waals surface area contributed by atoms with Gasteiger partial charge in [0.1, 0.15) is 0 Å². The molecule has 0 spiro atoms. The fourth-order valence-corrected chi connectivity index (χ4v) is 3.03. The van der Waals surface area contributed by atoms with E-state index in [1.807, 2.05) is 56.6 Å². The molecule has 2 aromatic rings. The van der Waals surface area contributed by atoms with Crippen molar-refractivity contribution in [3.05, 3.63) is 70.7 Å². The van der Waals surface area contributed by atoms with E-state index in [1.165, 1.54) is 0 Å². The van der Waals surface area contributed by atoms with Gasteiger partial charge in [0.15, 0.2) is 0 Å². The molecule has 0 bridgehead atoms. The fraction of sp³-hybridized carbons (Fsp3) is 0.368. The second-order valence-electron chi connectivity index (χ2n) is 6.26. The minimum Gasteiger partial charge on any atom is -0.384 e. The number of aliphatic hydroxyl groups is 1. The largest absolute Gasteiger partial charge is 0.384 e. The van der Waals surface area contributed by atoms with Crippen molar-refractivity contribution in [3.8, 4) is 0 Å². The third-order valence-corrected chi connectivity index (χ3v) is 4.37. The van der Waals surface area contributed by atoms with Gasteiger partial charge >= 0.3 is 0 Å². The van der Waals surface area contributed by atoms with Gasteiger partial charge in [-0.25, -0.2) is 0 Å². The van der Waals surface area contributed by atoms with Crippen molar-refractivity contribution >= 4 is 11.6 Å². The molecule has 0 aliphatic rings. The van der Waals surface area contributed by atoms with Crippen LogP contribution >= 0.6 is 11.6 Å². The van der Waals surface area contributed by atoms with Crippen LogP contribution in [0.5, 0.6) is 0 Å². The van der Waals surface area contributed by atoms with Gasteiger partial charge in [0.25, 0.3) is 0 Å². The molecule has 0 heterocycles. The average molecular weight is 318 g/mol. The van der Waals surface area contributed by atoms with Gasteiger partial charge in [-0.15, -0.1) is 0 Å². The summed E-state index contributed by atoms with van der Waals surface area (Å²) in [6, 6.07) is 17.7. The summed E-state index contributed by atoms with van der Waals surface area (Å²) < 4.78 is 0. The van der Waals surface area contributed by atoms with Crippen LogP contribution < -0.4 is 0 Å². The van der Waals surface area contributed by atoms with Crippen molar-refractivity contribution in [2.24, 2.45) is 5.92 Å².